The van der Waals surface area contributed by atoms with Crippen molar-refractivity contribution in [1.82, 2.24) is 5.32 Å². The van der Waals surface area contributed by atoms with Gasteiger partial charge in [-0.3, -0.25) is 4.79 Å². The molecule has 0 heterocycles. The van der Waals surface area contributed by atoms with E-state index in [0.717, 1.165) is 25.2 Å². The number of amides is 1. The second-order valence-electron chi connectivity index (χ2n) is 4.84. The van der Waals surface area contributed by atoms with Gasteiger partial charge in [0.15, 0.2) is 0 Å². The Kier molecular flexibility index (Phi) is 2.77. The van der Waals surface area contributed by atoms with Crippen molar-refractivity contribution >= 4 is 5.91 Å². The van der Waals surface area contributed by atoms with Gasteiger partial charge >= 0.3 is 0 Å². The summed E-state index contributed by atoms with van der Waals surface area (Å²) in [6.45, 7) is 2.11. The van der Waals surface area contributed by atoms with Crippen molar-refractivity contribution in [2.75, 3.05) is 0 Å². The summed E-state index contributed by atoms with van der Waals surface area (Å²) in [5.74, 6) is 1.00. The van der Waals surface area contributed by atoms with Crippen LogP contribution in [0.1, 0.15) is 39.0 Å². The Balaban J connectivity index is 1.81. The molecule has 0 bridgehead atoms. The molecule has 2 aliphatic carbocycles. The molecule has 0 radical (unpaired) electrons. The van der Waals surface area contributed by atoms with E-state index < -0.39 is 0 Å². The van der Waals surface area contributed by atoms with Crippen LogP contribution in [0.2, 0.25) is 0 Å². The highest BCUT2D eigenvalue weighted by Crippen LogP contribution is 2.33. The quantitative estimate of drug-likeness (QED) is 0.708. The lowest BCUT2D eigenvalue weighted by atomic mass is 10.0. The van der Waals surface area contributed by atoms with Crippen LogP contribution in [0.25, 0.3) is 0 Å². The number of hydrogen-bond acceptors (Lipinski definition) is 2. The fourth-order valence-corrected chi connectivity index (χ4v) is 2.36. The average Bonchev–Trinajstić information content (AvgIpc) is 2.89. The van der Waals surface area contributed by atoms with E-state index in [2.05, 4.69) is 12.2 Å². The lowest BCUT2D eigenvalue weighted by Gasteiger charge is -2.19. The predicted octanol–water partition coefficient (Wildman–Crippen LogP) is 1.03. The molecule has 14 heavy (non-hydrogen) atoms. The molecule has 2 saturated carbocycles. The molecular weight excluding hydrogens is 176 g/mol. The Morgan fingerprint density at radius 3 is 2.57 bits per heavy atom. The first-order valence-corrected chi connectivity index (χ1v) is 5.74. The third-order valence-corrected chi connectivity index (χ3v) is 3.61. The summed E-state index contributed by atoms with van der Waals surface area (Å²) in [5.41, 5.74) is 5.89. The van der Waals surface area contributed by atoms with Gasteiger partial charge in [0.2, 0.25) is 5.91 Å². The van der Waals surface area contributed by atoms with Crippen molar-refractivity contribution < 1.29 is 4.79 Å². The third kappa shape index (κ3) is 2.08. The first-order valence-electron chi connectivity index (χ1n) is 5.74. The summed E-state index contributed by atoms with van der Waals surface area (Å²) in [6, 6.07) is 0.455. The van der Waals surface area contributed by atoms with Gasteiger partial charge in [-0.15, -0.1) is 0 Å². The Hall–Kier alpha value is -0.570. The monoisotopic (exact) mass is 196 g/mol. The topological polar surface area (TPSA) is 55.1 Å². The number of hydrogen-bond donors (Lipinski definition) is 2. The van der Waals surface area contributed by atoms with E-state index in [1.165, 1.54) is 12.8 Å². The van der Waals surface area contributed by atoms with Crippen LogP contribution >= 0.6 is 0 Å². The summed E-state index contributed by atoms with van der Waals surface area (Å²) in [4.78, 5) is 11.8. The van der Waals surface area contributed by atoms with Crippen LogP contribution in [0, 0.1) is 11.8 Å². The van der Waals surface area contributed by atoms with Crippen molar-refractivity contribution in [3.63, 3.8) is 0 Å². The summed E-state index contributed by atoms with van der Waals surface area (Å²) in [7, 11) is 0. The smallest absolute Gasteiger partial charge is 0.224 e. The number of nitrogens with one attached hydrogen (secondary N) is 1. The van der Waals surface area contributed by atoms with E-state index >= 15 is 0 Å². The molecule has 3 atom stereocenters. The van der Waals surface area contributed by atoms with Crippen LogP contribution < -0.4 is 11.1 Å². The molecule has 3 unspecified atom stereocenters. The van der Waals surface area contributed by atoms with Gasteiger partial charge in [-0.1, -0.05) is 6.42 Å². The van der Waals surface area contributed by atoms with Crippen molar-refractivity contribution in [2.45, 2.75) is 51.1 Å². The van der Waals surface area contributed by atoms with Gasteiger partial charge in [-0.25, -0.2) is 0 Å². The van der Waals surface area contributed by atoms with E-state index in [0.29, 0.717) is 6.04 Å². The van der Waals surface area contributed by atoms with Crippen molar-refractivity contribution in [2.24, 2.45) is 17.6 Å². The van der Waals surface area contributed by atoms with Crippen molar-refractivity contribution in [1.29, 1.82) is 0 Å². The maximum Gasteiger partial charge on any atom is 0.224 e. The van der Waals surface area contributed by atoms with Gasteiger partial charge in [0.25, 0.3) is 0 Å². The zero-order chi connectivity index (χ0) is 10.1. The van der Waals surface area contributed by atoms with Gasteiger partial charge in [-0.2, -0.15) is 0 Å². The van der Waals surface area contributed by atoms with Gasteiger partial charge in [0, 0.05) is 12.1 Å². The minimum absolute atomic E-state index is 0.0798. The summed E-state index contributed by atoms with van der Waals surface area (Å²) in [6.07, 6.45) is 5.65. The van der Waals surface area contributed by atoms with Crippen LogP contribution in [0.15, 0.2) is 0 Å². The van der Waals surface area contributed by atoms with Gasteiger partial charge in [0.1, 0.15) is 0 Å². The van der Waals surface area contributed by atoms with E-state index in [9.17, 15) is 4.79 Å². The normalized spacial score (nSPS) is 34.1. The van der Waals surface area contributed by atoms with E-state index in [1.54, 1.807) is 0 Å². The zero-order valence-electron chi connectivity index (χ0n) is 8.83. The van der Waals surface area contributed by atoms with Crippen LogP contribution in [-0.4, -0.2) is 18.0 Å². The van der Waals surface area contributed by atoms with Crippen LogP contribution in [0.5, 0.6) is 0 Å². The highest BCUT2D eigenvalue weighted by molar-refractivity contribution is 5.80. The van der Waals surface area contributed by atoms with Gasteiger partial charge in [0.05, 0.1) is 5.92 Å². The molecule has 2 fully saturated rings. The summed E-state index contributed by atoms with van der Waals surface area (Å²) in [5, 5.41) is 3.10. The molecule has 2 aliphatic rings. The molecule has 0 saturated heterocycles. The minimum Gasteiger partial charge on any atom is -0.353 e. The molecule has 0 spiro atoms. The molecule has 3 nitrogen and oxygen atoms in total. The second kappa shape index (κ2) is 3.89. The Morgan fingerprint density at radius 1 is 1.36 bits per heavy atom. The lowest BCUT2D eigenvalue weighted by molar-refractivity contribution is -0.125. The SMILES string of the molecule is CC(NC(=O)C1CCCC1N)C1CC1. The molecular formula is C11H20N2O. The van der Waals surface area contributed by atoms with Crippen LogP contribution in [0.3, 0.4) is 0 Å². The molecule has 0 aliphatic heterocycles. The largest absolute Gasteiger partial charge is 0.353 e. The predicted molar refractivity (Wildman–Crippen MR) is 55.6 cm³/mol. The van der Waals surface area contributed by atoms with Crippen molar-refractivity contribution in [3.05, 3.63) is 0 Å². The van der Waals surface area contributed by atoms with Gasteiger partial charge < -0.3 is 11.1 Å². The Morgan fingerprint density at radius 2 is 2.07 bits per heavy atom. The molecule has 1 amide bonds. The molecule has 2 rings (SSSR count). The second-order valence-corrected chi connectivity index (χ2v) is 4.84. The third-order valence-electron chi connectivity index (χ3n) is 3.61. The Bertz CT molecular complexity index is 225. The summed E-state index contributed by atoms with van der Waals surface area (Å²) < 4.78 is 0. The highest BCUT2D eigenvalue weighted by atomic mass is 16.2. The van der Waals surface area contributed by atoms with Crippen LogP contribution in [-0.2, 0) is 4.79 Å². The fourth-order valence-electron chi connectivity index (χ4n) is 2.36. The fraction of sp³-hybridized carbons (Fsp3) is 0.909. The molecule has 0 aromatic rings. The maximum atomic E-state index is 11.8. The van der Waals surface area contributed by atoms with E-state index in [-0.39, 0.29) is 17.9 Å². The van der Waals surface area contributed by atoms with Crippen molar-refractivity contribution in [3.8, 4) is 0 Å². The standard InChI is InChI=1S/C11H20N2O/c1-7(8-5-6-8)13-11(14)9-3-2-4-10(9)12/h7-10H,2-6,12H2,1H3,(H,13,14). The average molecular weight is 196 g/mol. The Labute approximate surface area is 85.4 Å². The van der Waals surface area contributed by atoms with Crippen LogP contribution in [0.4, 0.5) is 0 Å². The molecule has 3 heteroatoms. The van der Waals surface area contributed by atoms with Gasteiger partial charge in [-0.05, 0) is 38.5 Å². The zero-order valence-corrected chi connectivity index (χ0v) is 8.83. The first kappa shape index (κ1) is 9.97. The van der Waals surface area contributed by atoms with E-state index in [4.69, 9.17) is 5.73 Å². The first-order chi connectivity index (χ1) is 6.68. The summed E-state index contributed by atoms with van der Waals surface area (Å²) >= 11 is 0. The van der Waals surface area contributed by atoms with E-state index in [1.807, 2.05) is 0 Å². The molecule has 0 aromatic carbocycles. The molecule has 80 valence electrons. The number of carbonyl (C=O) groups is 1. The number of rotatable bonds is 3. The number of carbonyl (C=O) groups excluding carboxylic acids is 1. The highest BCUT2D eigenvalue weighted by Gasteiger charge is 2.34. The maximum absolute atomic E-state index is 11.8. The number of nitrogens with two attached hydrogens (primary N) is 1. The molecule has 0 aromatic heterocycles. The molecule has 3 N–H and O–H groups in total. The lowest BCUT2D eigenvalue weighted by Crippen LogP contribution is -2.43. The minimum atomic E-state index is 0.0798.